The van der Waals surface area contributed by atoms with E-state index >= 15 is 0 Å². The quantitative estimate of drug-likeness (QED) is 0.762. The van der Waals surface area contributed by atoms with Crippen LogP contribution in [0.3, 0.4) is 0 Å². The SMILES string of the molecule is CC(C)(C)C(=O)OC/C=C/c1ccc(Cl)cc1. The van der Waals surface area contributed by atoms with E-state index in [2.05, 4.69) is 0 Å². The predicted molar refractivity (Wildman–Crippen MR) is 70.9 cm³/mol. The summed E-state index contributed by atoms with van der Waals surface area (Å²) in [4.78, 5) is 11.4. The van der Waals surface area contributed by atoms with Crippen molar-refractivity contribution < 1.29 is 9.53 Å². The number of carbonyl (C=O) groups excluding carboxylic acids is 1. The van der Waals surface area contributed by atoms with E-state index in [1.807, 2.05) is 57.2 Å². The van der Waals surface area contributed by atoms with E-state index < -0.39 is 5.41 Å². The first-order valence-electron chi connectivity index (χ1n) is 5.49. The van der Waals surface area contributed by atoms with Crippen molar-refractivity contribution in [3.63, 3.8) is 0 Å². The molecule has 0 atom stereocenters. The van der Waals surface area contributed by atoms with Crippen LogP contribution in [0.15, 0.2) is 30.3 Å². The van der Waals surface area contributed by atoms with E-state index in [4.69, 9.17) is 16.3 Å². The van der Waals surface area contributed by atoms with Crippen LogP contribution in [0.1, 0.15) is 26.3 Å². The zero-order chi connectivity index (χ0) is 12.9. The zero-order valence-electron chi connectivity index (χ0n) is 10.4. The minimum atomic E-state index is -0.450. The maximum Gasteiger partial charge on any atom is 0.311 e. The van der Waals surface area contributed by atoms with Crippen LogP contribution in [-0.4, -0.2) is 12.6 Å². The van der Waals surface area contributed by atoms with Crippen molar-refractivity contribution in [2.75, 3.05) is 6.61 Å². The number of hydrogen-bond acceptors (Lipinski definition) is 2. The van der Waals surface area contributed by atoms with Gasteiger partial charge < -0.3 is 4.74 Å². The Bertz CT molecular complexity index is 399. The van der Waals surface area contributed by atoms with Crippen LogP contribution in [0.2, 0.25) is 5.02 Å². The summed E-state index contributed by atoms with van der Waals surface area (Å²) in [5, 5.41) is 0.710. The number of rotatable bonds is 3. The van der Waals surface area contributed by atoms with Gasteiger partial charge in [0.25, 0.3) is 0 Å². The van der Waals surface area contributed by atoms with Gasteiger partial charge in [0.1, 0.15) is 6.61 Å². The lowest BCUT2D eigenvalue weighted by Crippen LogP contribution is -2.22. The Labute approximate surface area is 107 Å². The molecule has 0 unspecified atom stereocenters. The van der Waals surface area contributed by atoms with Gasteiger partial charge in [0.05, 0.1) is 5.41 Å². The molecule has 2 nitrogen and oxygen atoms in total. The standard InChI is InChI=1S/C14H17ClO2/c1-14(2,3)13(16)17-10-4-5-11-6-8-12(15)9-7-11/h4-9H,10H2,1-3H3/b5-4+. The first-order valence-corrected chi connectivity index (χ1v) is 5.87. The highest BCUT2D eigenvalue weighted by Gasteiger charge is 2.22. The molecule has 17 heavy (non-hydrogen) atoms. The molecular formula is C14H17ClO2. The molecule has 0 aliphatic rings. The van der Waals surface area contributed by atoms with Gasteiger partial charge in [-0.3, -0.25) is 4.79 Å². The summed E-state index contributed by atoms with van der Waals surface area (Å²) in [5.74, 6) is -0.196. The number of esters is 1. The molecule has 1 rings (SSSR count). The fourth-order valence-electron chi connectivity index (χ4n) is 1.10. The van der Waals surface area contributed by atoms with Crippen LogP contribution in [0.4, 0.5) is 0 Å². The fraction of sp³-hybridized carbons (Fsp3) is 0.357. The number of ether oxygens (including phenoxy) is 1. The molecule has 0 aliphatic heterocycles. The maximum atomic E-state index is 11.4. The first kappa shape index (κ1) is 13.8. The van der Waals surface area contributed by atoms with Crippen molar-refractivity contribution >= 4 is 23.6 Å². The molecule has 1 aromatic carbocycles. The molecule has 1 aromatic rings. The maximum absolute atomic E-state index is 11.4. The Kier molecular flexibility index (Phi) is 4.76. The lowest BCUT2D eigenvalue weighted by Gasteiger charge is -2.15. The highest BCUT2D eigenvalue weighted by atomic mass is 35.5. The Morgan fingerprint density at radius 3 is 2.41 bits per heavy atom. The molecule has 0 heterocycles. The summed E-state index contributed by atoms with van der Waals surface area (Å²) in [6.07, 6.45) is 3.71. The molecule has 0 bridgehead atoms. The number of hydrogen-bond donors (Lipinski definition) is 0. The van der Waals surface area contributed by atoms with E-state index in [0.717, 1.165) is 5.56 Å². The summed E-state index contributed by atoms with van der Waals surface area (Å²) in [5.41, 5.74) is 0.579. The molecule has 0 saturated carbocycles. The summed E-state index contributed by atoms with van der Waals surface area (Å²) in [6, 6.07) is 7.46. The summed E-state index contributed by atoms with van der Waals surface area (Å²) in [6.45, 7) is 5.79. The highest BCUT2D eigenvalue weighted by Crippen LogP contribution is 2.15. The van der Waals surface area contributed by atoms with Gasteiger partial charge in [-0.05, 0) is 44.5 Å². The molecule has 0 radical (unpaired) electrons. The third-order valence-corrected chi connectivity index (χ3v) is 2.36. The first-order chi connectivity index (χ1) is 7.89. The van der Waals surface area contributed by atoms with Crippen molar-refractivity contribution in [3.05, 3.63) is 40.9 Å². The highest BCUT2D eigenvalue weighted by molar-refractivity contribution is 6.30. The third-order valence-electron chi connectivity index (χ3n) is 2.10. The number of halogens is 1. The van der Waals surface area contributed by atoms with E-state index in [1.54, 1.807) is 0 Å². The molecule has 0 fully saturated rings. The predicted octanol–water partition coefficient (Wildman–Crippen LogP) is 3.94. The van der Waals surface area contributed by atoms with Gasteiger partial charge in [-0.25, -0.2) is 0 Å². The smallest absolute Gasteiger partial charge is 0.311 e. The minimum Gasteiger partial charge on any atom is -0.461 e. The Morgan fingerprint density at radius 2 is 1.88 bits per heavy atom. The topological polar surface area (TPSA) is 26.3 Å². The normalized spacial score (nSPS) is 11.8. The summed E-state index contributed by atoms with van der Waals surface area (Å²) < 4.78 is 5.10. The van der Waals surface area contributed by atoms with Gasteiger partial charge in [0.2, 0.25) is 0 Å². The zero-order valence-corrected chi connectivity index (χ0v) is 11.1. The Morgan fingerprint density at radius 1 is 1.29 bits per heavy atom. The average Bonchev–Trinajstić information content (AvgIpc) is 2.25. The minimum absolute atomic E-state index is 0.196. The van der Waals surface area contributed by atoms with E-state index in [9.17, 15) is 4.79 Å². The molecule has 3 heteroatoms. The molecule has 92 valence electrons. The van der Waals surface area contributed by atoms with Crippen LogP contribution < -0.4 is 0 Å². The van der Waals surface area contributed by atoms with Gasteiger partial charge in [-0.2, -0.15) is 0 Å². The van der Waals surface area contributed by atoms with E-state index in [-0.39, 0.29) is 5.97 Å². The van der Waals surface area contributed by atoms with Crippen molar-refractivity contribution in [1.82, 2.24) is 0 Å². The van der Waals surface area contributed by atoms with Gasteiger partial charge in [-0.1, -0.05) is 29.8 Å². The van der Waals surface area contributed by atoms with Crippen molar-refractivity contribution in [3.8, 4) is 0 Å². The van der Waals surface area contributed by atoms with E-state index in [0.29, 0.717) is 11.6 Å². The Hall–Kier alpha value is -1.28. The van der Waals surface area contributed by atoms with Crippen molar-refractivity contribution in [2.24, 2.45) is 5.41 Å². The monoisotopic (exact) mass is 252 g/mol. The number of carbonyl (C=O) groups is 1. The molecule has 0 N–H and O–H groups in total. The molecule has 0 spiro atoms. The summed E-state index contributed by atoms with van der Waals surface area (Å²) in [7, 11) is 0. The van der Waals surface area contributed by atoms with Gasteiger partial charge in [0.15, 0.2) is 0 Å². The molecular weight excluding hydrogens is 236 g/mol. The van der Waals surface area contributed by atoms with Crippen LogP contribution in [0.5, 0.6) is 0 Å². The second-order valence-corrected chi connectivity index (χ2v) is 5.24. The Balaban J connectivity index is 2.41. The lowest BCUT2D eigenvalue weighted by atomic mass is 9.97. The second-order valence-electron chi connectivity index (χ2n) is 4.80. The van der Waals surface area contributed by atoms with Crippen LogP contribution in [-0.2, 0) is 9.53 Å². The van der Waals surface area contributed by atoms with Gasteiger partial charge in [-0.15, -0.1) is 0 Å². The van der Waals surface area contributed by atoms with Crippen LogP contribution in [0, 0.1) is 5.41 Å². The van der Waals surface area contributed by atoms with Crippen molar-refractivity contribution in [1.29, 1.82) is 0 Å². The van der Waals surface area contributed by atoms with Gasteiger partial charge in [0, 0.05) is 5.02 Å². The fourth-order valence-corrected chi connectivity index (χ4v) is 1.22. The molecule has 0 aliphatic carbocycles. The molecule has 0 amide bonds. The lowest BCUT2D eigenvalue weighted by molar-refractivity contribution is -0.151. The second kappa shape index (κ2) is 5.87. The third kappa shape index (κ3) is 5.05. The molecule has 0 aromatic heterocycles. The average molecular weight is 253 g/mol. The molecule has 0 saturated heterocycles. The van der Waals surface area contributed by atoms with Crippen LogP contribution >= 0.6 is 11.6 Å². The number of benzene rings is 1. The van der Waals surface area contributed by atoms with Crippen LogP contribution in [0.25, 0.3) is 6.08 Å². The van der Waals surface area contributed by atoms with E-state index in [1.165, 1.54) is 0 Å². The summed E-state index contributed by atoms with van der Waals surface area (Å²) >= 11 is 5.77. The van der Waals surface area contributed by atoms with Gasteiger partial charge >= 0.3 is 5.97 Å². The van der Waals surface area contributed by atoms with Crippen molar-refractivity contribution in [2.45, 2.75) is 20.8 Å². The largest absolute Gasteiger partial charge is 0.461 e.